The minimum atomic E-state index is -4.64. The van der Waals surface area contributed by atoms with Crippen molar-refractivity contribution >= 4 is 15.7 Å². The van der Waals surface area contributed by atoms with E-state index in [1.54, 1.807) is 24.3 Å². The molecule has 0 aromatic heterocycles. The fourth-order valence-corrected chi connectivity index (χ4v) is 2.61. The summed E-state index contributed by atoms with van der Waals surface area (Å²) >= 11 is 0. The molecular formula is C14H13F3N2O2S. The number of hydrogen-bond donors (Lipinski definition) is 2. The zero-order valence-electron chi connectivity index (χ0n) is 11.3. The van der Waals surface area contributed by atoms with E-state index >= 15 is 0 Å². The summed E-state index contributed by atoms with van der Waals surface area (Å²) in [7, 11) is -4.28. The molecule has 0 spiro atoms. The number of halogens is 3. The number of sulfonamides is 1. The van der Waals surface area contributed by atoms with E-state index in [1.165, 1.54) is 0 Å². The molecule has 0 unspecified atom stereocenters. The molecular weight excluding hydrogens is 317 g/mol. The summed E-state index contributed by atoms with van der Waals surface area (Å²) in [5.41, 5.74) is -0.191. The molecule has 0 saturated heterocycles. The van der Waals surface area contributed by atoms with Crippen LogP contribution >= 0.6 is 0 Å². The number of hydrogen-bond acceptors (Lipinski definition) is 3. The van der Waals surface area contributed by atoms with Crippen LogP contribution in [0.1, 0.15) is 11.1 Å². The molecule has 4 nitrogen and oxygen atoms in total. The third-order valence-corrected chi connectivity index (χ3v) is 3.89. The number of alkyl halides is 3. The molecule has 118 valence electrons. The van der Waals surface area contributed by atoms with Gasteiger partial charge in [-0.3, -0.25) is 0 Å². The van der Waals surface area contributed by atoms with E-state index in [4.69, 9.17) is 5.14 Å². The third kappa shape index (κ3) is 3.99. The average Bonchev–Trinajstić information content (AvgIpc) is 2.44. The Morgan fingerprint density at radius 3 is 2.23 bits per heavy atom. The zero-order chi connectivity index (χ0) is 16.4. The summed E-state index contributed by atoms with van der Waals surface area (Å²) in [4.78, 5) is -0.585. The van der Waals surface area contributed by atoms with E-state index in [9.17, 15) is 21.6 Å². The van der Waals surface area contributed by atoms with Gasteiger partial charge in [0.25, 0.3) is 0 Å². The Kier molecular flexibility index (Phi) is 4.43. The van der Waals surface area contributed by atoms with E-state index in [2.05, 4.69) is 5.32 Å². The average molecular weight is 330 g/mol. The molecule has 0 fully saturated rings. The van der Waals surface area contributed by atoms with Crippen LogP contribution < -0.4 is 10.5 Å². The summed E-state index contributed by atoms with van der Waals surface area (Å²) in [6.45, 7) is 0.259. The van der Waals surface area contributed by atoms with Crippen LogP contribution in [0.2, 0.25) is 0 Å². The van der Waals surface area contributed by atoms with Gasteiger partial charge < -0.3 is 5.32 Å². The SMILES string of the molecule is NS(=O)(=O)c1cc(C(F)(F)F)ccc1NCc1ccccc1. The van der Waals surface area contributed by atoms with Gasteiger partial charge in [-0.25, -0.2) is 13.6 Å². The minimum Gasteiger partial charge on any atom is -0.380 e. The largest absolute Gasteiger partial charge is 0.416 e. The second-order valence-corrected chi connectivity index (χ2v) is 6.12. The quantitative estimate of drug-likeness (QED) is 0.905. The van der Waals surface area contributed by atoms with Crippen LogP contribution in [0.25, 0.3) is 0 Å². The van der Waals surface area contributed by atoms with Gasteiger partial charge in [-0.15, -0.1) is 0 Å². The van der Waals surface area contributed by atoms with Crippen molar-refractivity contribution < 1.29 is 21.6 Å². The molecule has 0 bridgehead atoms. The van der Waals surface area contributed by atoms with Gasteiger partial charge >= 0.3 is 6.18 Å². The van der Waals surface area contributed by atoms with Crippen LogP contribution in [0.3, 0.4) is 0 Å². The number of rotatable bonds is 4. The molecule has 22 heavy (non-hydrogen) atoms. The lowest BCUT2D eigenvalue weighted by molar-refractivity contribution is -0.137. The topological polar surface area (TPSA) is 72.2 Å². The van der Waals surface area contributed by atoms with Gasteiger partial charge in [0, 0.05) is 6.54 Å². The fraction of sp³-hybridized carbons (Fsp3) is 0.143. The van der Waals surface area contributed by atoms with Gasteiger partial charge in [0.2, 0.25) is 10.0 Å². The van der Waals surface area contributed by atoms with Crippen molar-refractivity contribution in [3.8, 4) is 0 Å². The molecule has 0 heterocycles. The van der Waals surface area contributed by atoms with Crippen molar-refractivity contribution in [2.45, 2.75) is 17.6 Å². The van der Waals surface area contributed by atoms with Crippen LogP contribution in [0.15, 0.2) is 53.4 Å². The molecule has 2 rings (SSSR count). The van der Waals surface area contributed by atoms with Crippen LogP contribution in [-0.4, -0.2) is 8.42 Å². The highest BCUT2D eigenvalue weighted by Gasteiger charge is 2.32. The molecule has 0 aliphatic rings. The maximum atomic E-state index is 12.7. The first-order valence-corrected chi connectivity index (χ1v) is 7.74. The van der Waals surface area contributed by atoms with Gasteiger partial charge in [0.1, 0.15) is 4.90 Å². The summed E-state index contributed by atoms with van der Waals surface area (Å²) in [6, 6.07) is 11.4. The summed E-state index contributed by atoms with van der Waals surface area (Å²) in [6.07, 6.45) is -4.64. The maximum Gasteiger partial charge on any atom is 0.416 e. The normalized spacial score (nSPS) is 12.2. The molecule has 0 amide bonds. The molecule has 3 N–H and O–H groups in total. The smallest absolute Gasteiger partial charge is 0.380 e. The first-order valence-electron chi connectivity index (χ1n) is 6.20. The molecule has 8 heteroatoms. The van der Waals surface area contributed by atoms with Crippen molar-refractivity contribution in [3.05, 3.63) is 59.7 Å². The van der Waals surface area contributed by atoms with Crippen LogP contribution in [0.4, 0.5) is 18.9 Å². The maximum absolute atomic E-state index is 12.7. The molecule has 0 saturated carbocycles. The Hall–Kier alpha value is -2.06. The van der Waals surface area contributed by atoms with Gasteiger partial charge in [0.05, 0.1) is 11.3 Å². The van der Waals surface area contributed by atoms with Crippen molar-refractivity contribution in [2.24, 2.45) is 5.14 Å². The van der Waals surface area contributed by atoms with Gasteiger partial charge in [-0.1, -0.05) is 30.3 Å². The zero-order valence-corrected chi connectivity index (χ0v) is 12.1. The minimum absolute atomic E-state index is 0.0272. The first kappa shape index (κ1) is 16.3. The highest BCUT2D eigenvalue weighted by molar-refractivity contribution is 7.89. The van der Waals surface area contributed by atoms with Crippen LogP contribution in [-0.2, 0) is 22.7 Å². The lowest BCUT2D eigenvalue weighted by Crippen LogP contribution is -2.17. The van der Waals surface area contributed by atoms with E-state index in [-0.39, 0.29) is 12.2 Å². The molecule has 0 atom stereocenters. The second-order valence-electron chi connectivity index (χ2n) is 4.59. The van der Waals surface area contributed by atoms with Gasteiger partial charge in [-0.2, -0.15) is 13.2 Å². The van der Waals surface area contributed by atoms with E-state index < -0.39 is 26.7 Å². The Bertz CT molecular complexity index is 759. The molecule has 0 aliphatic heterocycles. The lowest BCUT2D eigenvalue weighted by atomic mass is 10.2. The van der Waals surface area contributed by atoms with E-state index in [0.29, 0.717) is 6.07 Å². The number of nitrogens with one attached hydrogen (secondary N) is 1. The standard InChI is InChI=1S/C14H13F3N2O2S/c15-14(16,17)11-6-7-12(13(8-11)22(18,20)21)19-9-10-4-2-1-3-5-10/h1-8,19H,9H2,(H2,18,20,21). The van der Waals surface area contributed by atoms with Gasteiger partial charge in [0.15, 0.2) is 0 Å². The lowest BCUT2D eigenvalue weighted by Gasteiger charge is -2.14. The van der Waals surface area contributed by atoms with Crippen molar-refractivity contribution in [1.82, 2.24) is 0 Å². The molecule has 0 aliphatic carbocycles. The monoisotopic (exact) mass is 330 g/mol. The summed E-state index contributed by atoms with van der Waals surface area (Å²) < 4.78 is 61.1. The summed E-state index contributed by atoms with van der Waals surface area (Å²) in [5.74, 6) is 0. The number of benzene rings is 2. The fourth-order valence-electron chi connectivity index (χ4n) is 1.87. The number of anilines is 1. The van der Waals surface area contributed by atoms with E-state index in [0.717, 1.165) is 17.7 Å². The second kappa shape index (κ2) is 5.98. The Balaban J connectivity index is 2.35. The highest BCUT2D eigenvalue weighted by Crippen LogP contribution is 2.33. The Morgan fingerprint density at radius 1 is 1.05 bits per heavy atom. The van der Waals surface area contributed by atoms with Crippen molar-refractivity contribution in [2.75, 3.05) is 5.32 Å². The highest BCUT2D eigenvalue weighted by atomic mass is 32.2. The van der Waals surface area contributed by atoms with Crippen molar-refractivity contribution in [1.29, 1.82) is 0 Å². The van der Waals surface area contributed by atoms with E-state index in [1.807, 2.05) is 6.07 Å². The predicted molar refractivity (Wildman–Crippen MR) is 76.6 cm³/mol. The number of primary sulfonamides is 1. The van der Waals surface area contributed by atoms with Gasteiger partial charge in [-0.05, 0) is 23.8 Å². The Labute approximate surface area is 125 Å². The molecule has 2 aromatic rings. The molecule has 2 aromatic carbocycles. The van der Waals surface area contributed by atoms with Crippen molar-refractivity contribution in [3.63, 3.8) is 0 Å². The third-order valence-electron chi connectivity index (χ3n) is 2.94. The van der Waals surface area contributed by atoms with Crippen LogP contribution in [0.5, 0.6) is 0 Å². The van der Waals surface area contributed by atoms with Crippen LogP contribution in [0, 0.1) is 0 Å². The number of nitrogens with two attached hydrogens (primary N) is 1. The summed E-state index contributed by atoms with van der Waals surface area (Å²) in [5, 5.41) is 7.79. The Morgan fingerprint density at radius 2 is 1.68 bits per heavy atom. The predicted octanol–water partition coefficient (Wildman–Crippen LogP) is 2.96. The molecule has 0 radical (unpaired) electrons. The first-order chi connectivity index (χ1) is 10.2.